The van der Waals surface area contributed by atoms with Gasteiger partial charge in [0.2, 0.25) is 0 Å². The number of hydrogen-bond donors (Lipinski definition) is 2. The van der Waals surface area contributed by atoms with Gasteiger partial charge < -0.3 is 19.9 Å². The Labute approximate surface area is 126 Å². The van der Waals surface area contributed by atoms with Crippen molar-refractivity contribution in [1.29, 1.82) is 0 Å². The van der Waals surface area contributed by atoms with Crippen LogP contribution in [0.3, 0.4) is 0 Å². The van der Waals surface area contributed by atoms with Crippen molar-refractivity contribution in [3.05, 3.63) is 29.7 Å². The van der Waals surface area contributed by atoms with E-state index in [4.69, 9.17) is 9.47 Å². The van der Waals surface area contributed by atoms with Gasteiger partial charge in [-0.15, -0.1) is 0 Å². The van der Waals surface area contributed by atoms with E-state index in [0.717, 1.165) is 5.69 Å². The first-order chi connectivity index (χ1) is 10.6. The average molecular weight is 304 g/mol. The van der Waals surface area contributed by atoms with Gasteiger partial charge in [0.1, 0.15) is 18.3 Å². The standard InChI is InChI=1S/C14H16N4O4/c1-7-8(4-15-11-2-3-16-18(7)11)14(20)17-9-5-21-13-10(19)6-22-12(9)13/h2-4,9-10,12-13,19H,5-6H2,1H3,(H,17,20)/t9-,10-,12-,13-/m1/s1. The van der Waals surface area contributed by atoms with Crippen LogP contribution in [0.1, 0.15) is 16.1 Å². The summed E-state index contributed by atoms with van der Waals surface area (Å²) in [7, 11) is 0. The molecule has 0 unspecified atom stereocenters. The second kappa shape index (κ2) is 5.01. The molecule has 0 bridgehead atoms. The Bertz CT molecular complexity index is 731. The predicted octanol–water partition coefficient (Wildman–Crippen LogP) is -0.705. The van der Waals surface area contributed by atoms with Gasteiger partial charge in [-0.3, -0.25) is 4.79 Å². The minimum Gasteiger partial charge on any atom is -0.388 e. The van der Waals surface area contributed by atoms with Crippen LogP contribution in [-0.2, 0) is 9.47 Å². The molecule has 2 N–H and O–H groups in total. The van der Waals surface area contributed by atoms with E-state index in [1.807, 2.05) is 6.92 Å². The molecule has 8 nitrogen and oxygen atoms in total. The molecular weight excluding hydrogens is 288 g/mol. The third-order valence-corrected chi connectivity index (χ3v) is 4.24. The molecule has 4 heterocycles. The lowest BCUT2D eigenvalue weighted by atomic mass is 10.1. The summed E-state index contributed by atoms with van der Waals surface area (Å²) in [6.07, 6.45) is 1.88. The molecule has 0 spiro atoms. The van der Waals surface area contributed by atoms with E-state index in [0.29, 0.717) is 17.8 Å². The van der Waals surface area contributed by atoms with Crippen LogP contribution in [0.15, 0.2) is 18.5 Å². The molecule has 0 aliphatic carbocycles. The highest BCUT2D eigenvalue weighted by Gasteiger charge is 2.47. The summed E-state index contributed by atoms with van der Waals surface area (Å²) in [5.74, 6) is -0.248. The highest BCUT2D eigenvalue weighted by atomic mass is 16.6. The smallest absolute Gasteiger partial charge is 0.255 e. The fourth-order valence-electron chi connectivity index (χ4n) is 3.06. The first kappa shape index (κ1) is 13.6. The number of carbonyl (C=O) groups is 1. The Balaban J connectivity index is 1.55. The van der Waals surface area contributed by atoms with Crippen molar-refractivity contribution in [3.8, 4) is 0 Å². The minimum absolute atomic E-state index is 0.238. The largest absolute Gasteiger partial charge is 0.388 e. The van der Waals surface area contributed by atoms with Crippen LogP contribution < -0.4 is 5.32 Å². The lowest BCUT2D eigenvalue weighted by Crippen LogP contribution is -2.44. The van der Waals surface area contributed by atoms with Gasteiger partial charge in [0.25, 0.3) is 5.91 Å². The number of aliphatic hydroxyl groups excluding tert-OH is 1. The van der Waals surface area contributed by atoms with Gasteiger partial charge in [-0.2, -0.15) is 5.10 Å². The van der Waals surface area contributed by atoms with Crippen LogP contribution in [0.25, 0.3) is 5.65 Å². The summed E-state index contributed by atoms with van der Waals surface area (Å²) in [6, 6.07) is 1.50. The quantitative estimate of drug-likeness (QED) is 0.761. The minimum atomic E-state index is -0.629. The maximum Gasteiger partial charge on any atom is 0.255 e. The van der Waals surface area contributed by atoms with E-state index < -0.39 is 6.10 Å². The van der Waals surface area contributed by atoms with Crippen LogP contribution in [0, 0.1) is 6.92 Å². The van der Waals surface area contributed by atoms with E-state index in [1.54, 1.807) is 23.0 Å². The van der Waals surface area contributed by atoms with Gasteiger partial charge >= 0.3 is 0 Å². The number of amides is 1. The molecule has 1 amide bonds. The summed E-state index contributed by atoms with van der Waals surface area (Å²) in [6.45, 7) is 2.39. The zero-order chi connectivity index (χ0) is 15.3. The van der Waals surface area contributed by atoms with Gasteiger partial charge in [-0.1, -0.05) is 0 Å². The summed E-state index contributed by atoms with van der Waals surface area (Å²) >= 11 is 0. The molecule has 2 fully saturated rings. The van der Waals surface area contributed by atoms with Gasteiger partial charge in [0, 0.05) is 12.3 Å². The Morgan fingerprint density at radius 2 is 2.23 bits per heavy atom. The van der Waals surface area contributed by atoms with E-state index in [-0.39, 0.29) is 30.8 Å². The maximum atomic E-state index is 12.5. The molecule has 2 aromatic rings. The highest BCUT2D eigenvalue weighted by molar-refractivity contribution is 5.95. The van der Waals surface area contributed by atoms with Crippen molar-refractivity contribution in [3.63, 3.8) is 0 Å². The van der Waals surface area contributed by atoms with E-state index in [9.17, 15) is 9.90 Å². The maximum absolute atomic E-state index is 12.5. The van der Waals surface area contributed by atoms with Crippen LogP contribution in [-0.4, -0.2) is 63.2 Å². The number of nitrogens with one attached hydrogen (secondary N) is 1. The van der Waals surface area contributed by atoms with Crippen molar-refractivity contribution >= 4 is 11.6 Å². The van der Waals surface area contributed by atoms with Crippen molar-refractivity contribution in [2.75, 3.05) is 13.2 Å². The molecule has 4 atom stereocenters. The number of aromatic nitrogens is 3. The van der Waals surface area contributed by atoms with Crippen molar-refractivity contribution in [2.24, 2.45) is 0 Å². The van der Waals surface area contributed by atoms with Crippen molar-refractivity contribution in [2.45, 2.75) is 31.3 Å². The number of aliphatic hydroxyl groups is 1. The fourth-order valence-corrected chi connectivity index (χ4v) is 3.06. The zero-order valence-electron chi connectivity index (χ0n) is 12.0. The first-order valence-electron chi connectivity index (χ1n) is 7.16. The Hall–Kier alpha value is -2.03. The van der Waals surface area contributed by atoms with Crippen LogP contribution in [0.5, 0.6) is 0 Å². The summed E-state index contributed by atoms with van der Waals surface area (Å²) < 4.78 is 12.6. The number of aryl methyl sites for hydroxylation is 1. The number of fused-ring (bicyclic) bond motifs is 2. The first-order valence-corrected chi connectivity index (χ1v) is 7.16. The lowest BCUT2D eigenvalue weighted by molar-refractivity contribution is 0.0178. The number of hydrogen-bond acceptors (Lipinski definition) is 6. The Morgan fingerprint density at radius 1 is 1.41 bits per heavy atom. The Kier molecular flexibility index (Phi) is 3.10. The molecule has 2 aliphatic heterocycles. The van der Waals surface area contributed by atoms with Crippen molar-refractivity contribution in [1.82, 2.24) is 19.9 Å². The van der Waals surface area contributed by atoms with E-state index in [2.05, 4.69) is 15.4 Å². The summed E-state index contributed by atoms with van der Waals surface area (Å²) in [5, 5.41) is 16.8. The monoisotopic (exact) mass is 304 g/mol. The predicted molar refractivity (Wildman–Crippen MR) is 74.5 cm³/mol. The number of rotatable bonds is 2. The molecule has 116 valence electrons. The van der Waals surface area contributed by atoms with E-state index >= 15 is 0 Å². The van der Waals surface area contributed by atoms with Crippen LogP contribution >= 0.6 is 0 Å². The number of carbonyl (C=O) groups excluding carboxylic acids is 1. The SMILES string of the molecule is Cc1c(C(=O)N[C@@H]2CO[C@H]3[C@@H]2OC[C@H]3O)cnc2ccnn12. The molecule has 0 radical (unpaired) electrons. The second-order valence-corrected chi connectivity index (χ2v) is 5.60. The Morgan fingerprint density at radius 3 is 3.09 bits per heavy atom. The molecule has 0 saturated carbocycles. The normalized spacial score (nSPS) is 30.6. The van der Waals surface area contributed by atoms with Gasteiger partial charge in [0.15, 0.2) is 5.65 Å². The lowest BCUT2D eigenvalue weighted by Gasteiger charge is -2.18. The van der Waals surface area contributed by atoms with E-state index in [1.165, 1.54) is 0 Å². The molecule has 2 saturated heterocycles. The average Bonchev–Trinajstić information content (AvgIpc) is 3.19. The third-order valence-electron chi connectivity index (χ3n) is 4.24. The topological polar surface area (TPSA) is 98.0 Å². The molecule has 8 heteroatoms. The van der Waals surface area contributed by atoms with Gasteiger partial charge in [-0.05, 0) is 6.92 Å². The zero-order valence-corrected chi connectivity index (χ0v) is 12.0. The van der Waals surface area contributed by atoms with Crippen LogP contribution in [0.4, 0.5) is 0 Å². The van der Waals surface area contributed by atoms with Gasteiger partial charge in [-0.25, -0.2) is 9.50 Å². The molecule has 2 aliphatic rings. The molecule has 4 rings (SSSR count). The number of ether oxygens (including phenoxy) is 2. The number of nitrogens with zero attached hydrogens (tertiary/aromatic N) is 3. The van der Waals surface area contributed by atoms with Crippen LogP contribution in [0.2, 0.25) is 0 Å². The molecule has 2 aromatic heterocycles. The van der Waals surface area contributed by atoms with Gasteiger partial charge in [0.05, 0.1) is 36.7 Å². The molecule has 0 aromatic carbocycles. The summed E-state index contributed by atoms with van der Waals surface area (Å²) in [5.41, 5.74) is 1.87. The summed E-state index contributed by atoms with van der Waals surface area (Å²) in [4.78, 5) is 16.7. The van der Waals surface area contributed by atoms with Crippen molar-refractivity contribution < 1.29 is 19.4 Å². The second-order valence-electron chi connectivity index (χ2n) is 5.60. The molecule has 22 heavy (non-hydrogen) atoms. The third kappa shape index (κ3) is 1.99. The fraction of sp³-hybridized carbons (Fsp3) is 0.500. The molecular formula is C14H16N4O4. The highest BCUT2D eigenvalue weighted by Crippen LogP contribution is 2.27.